The second-order valence-corrected chi connectivity index (χ2v) is 5.30. The number of aromatic nitrogens is 2. The van der Waals surface area contributed by atoms with E-state index in [4.69, 9.17) is 0 Å². The molecule has 0 atom stereocenters. The Bertz CT molecular complexity index is 475. The van der Waals surface area contributed by atoms with E-state index >= 15 is 0 Å². The third kappa shape index (κ3) is 1.80. The van der Waals surface area contributed by atoms with Crippen molar-refractivity contribution in [2.45, 2.75) is 29.5 Å². The van der Waals surface area contributed by atoms with E-state index in [0.29, 0.717) is 0 Å². The fourth-order valence-corrected chi connectivity index (χ4v) is 2.62. The lowest BCUT2D eigenvalue weighted by atomic mass is 10.3. The SMILES string of the molecule is O=S(=O)(NC1(C(F)(F)F)CC1)c1cn[nH]c1. The lowest BCUT2D eigenvalue weighted by Gasteiger charge is -2.19. The van der Waals surface area contributed by atoms with Crippen molar-refractivity contribution in [1.82, 2.24) is 14.9 Å². The molecule has 16 heavy (non-hydrogen) atoms. The number of aromatic amines is 1. The second kappa shape index (κ2) is 3.20. The van der Waals surface area contributed by atoms with Crippen LogP contribution in [-0.2, 0) is 10.0 Å². The third-order valence-corrected chi connectivity index (χ3v) is 3.91. The first-order valence-corrected chi connectivity index (χ1v) is 5.85. The molecule has 1 aliphatic carbocycles. The lowest BCUT2D eigenvalue weighted by molar-refractivity contribution is -0.160. The fraction of sp³-hybridized carbons (Fsp3) is 0.571. The zero-order chi connectivity index (χ0) is 12.0. The van der Waals surface area contributed by atoms with Gasteiger partial charge < -0.3 is 0 Å². The predicted octanol–water partition coefficient (Wildman–Crippen LogP) is 0.783. The van der Waals surface area contributed by atoms with Gasteiger partial charge in [0.15, 0.2) is 0 Å². The lowest BCUT2D eigenvalue weighted by Crippen LogP contribution is -2.47. The maximum absolute atomic E-state index is 12.5. The number of hydrogen-bond donors (Lipinski definition) is 2. The summed E-state index contributed by atoms with van der Waals surface area (Å²) in [6.45, 7) is 0. The first kappa shape index (κ1) is 11.4. The number of halogens is 3. The Kier molecular flexibility index (Phi) is 2.28. The molecule has 0 aliphatic heterocycles. The molecule has 1 saturated carbocycles. The first-order chi connectivity index (χ1) is 7.27. The van der Waals surface area contributed by atoms with Gasteiger partial charge in [0.2, 0.25) is 10.0 Å². The summed E-state index contributed by atoms with van der Waals surface area (Å²) in [7, 11) is -4.16. The average Bonchev–Trinajstić information content (AvgIpc) is 2.73. The second-order valence-electron chi connectivity index (χ2n) is 3.62. The van der Waals surface area contributed by atoms with E-state index in [2.05, 4.69) is 10.2 Å². The van der Waals surface area contributed by atoms with Crippen LogP contribution in [0.4, 0.5) is 13.2 Å². The summed E-state index contributed by atoms with van der Waals surface area (Å²) in [5.41, 5.74) is -2.29. The molecule has 1 aromatic rings. The monoisotopic (exact) mass is 255 g/mol. The van der Waals surface area contributed by atoms with Crippen LogP contribution in [0.1, 0.15) is 12.8 Å². The van der Waals surface area contributed by atoms with Crippen molar-refractivity contribution in [2.75, 3.05) is 0 Å². The van der Waals surface area contributed by atoms with Crippen molar-refractivity contribution in [3.05, 3.63) is 12.4 Å². The van der Waals surface area contributed by atoms with Crippen molar-refractivity contribution < 1.29 is 21.6 Å². The van der Waals surface area contributed by atoms with Crippen LogP contribution >= 0.6 is 0 Å². The van der Waals surface area contributed by atoms with Gasteiger partial charge in [0.05, 0.1) is 6.20 Å². The molecule has 0 aromatic carbocycles. The highest BCUT2D eigenvalue weighted by atomic mass is 32.2. The van der Waals surface area contributed by atoms with Gasteiger partial charge in [0.25, 0.3) is 0 Å². The van der Waals surface area contributed by atoms with Crippen LogP contribution in [0.25, 0.3) is 0 Å². The van der Waals surface area contributed by atoms with Crippen LogP contribution < -0.4 is 4.72 Å². The highest BCUT2D eigenvalue weighted by molar-refractivity contribution is 7.89. The molecule has 0 spiro atoms. The molecule has 0 saturated heterocycles. The minimum Gasteiger partial charge on any atom is -0.284 e. The van der Waals surface area contributed by atoms with Crippen LogP contribution in [0.15, 0.2) is 17.3 Å². The van der Waals surface area contributed by atoms with E-state index in [1.807, 2.05) is 0 Å². The van der Waals surface area contributed by atoms with Gasteiger partial charge in [-0.15, -0.1) is 0 Å². The van der Waals surface area contributed by atoms with Gasteiger partial charge in [-0.3, -0.25) is 5.10 Å². The molecule has 1 aromatic heterocycles. The summed E-state index contributed by atoms with van der Waals surface area (Å²) in [5, 5.41) is 5.61. The molecule has 9 heteroatoms. The van der Waals surface area contributed by atoms with E-state index in [-0.39, 0.29) is 17.7 Å². The molecule has 1 heterocycles. The zero-order valence-corrected chi connectivity index (χ0v) is 8.69. The third-order valence-electron chi connectivity index (χ3n) is 2.41. The summed E-state index contributed by atoms with van der Waals surface area (Å²) in [5.74, 6) is 0. The minimum absolute atomic E-state index is 0.229. The number of rotatable bonds is 3. The Morgan fingerprint density at radius 2 is 2.06 bits per heavy atom. The van der Waals surface area contributed by atoms with Gasteiger partial charge in [0, 0.05) is 6.20 Å². The largest absolute Gasteiger partial charge is 0.407 e. The smallest absolute Gasteiger partial charge is 0.284 e. The van der Waals surface area contributed by atoms with E-state index in [9.17, 15) is 21.6 Å². The molecule has 1 fully saturated rings. The van der Waals surface area contributed by atoms with Gasteiger partial charge in [0.1, 0.15) is 10.4 Å². The summed E-state index contributed by atoms with van der Waals surface area (Å²) in [6, 6.07) is 0. The fourth-order valence-electron chi connectivity index (χ4n) is 1.27. The van der Waals surface area contributed by atoms with E-state index in [1.165, 1.54) is 0 Å². The normalized spacial score (nSPS) is 19.7. The number of sulfonamides is 1. The summed E-state index contributed by atoms with van der Waals surface area (Å²) < 4.78 is 62.3. The first-order valence-electron chi connectivity index (χ1n) is 4.36. The number of hydrogen-bond acceptors (Lipinski definition) is 3. The van der Waals surface area contributed by atoms with Crippen LogP contribution in [0.5, 0.6) is 0 Å². The van der Waals surface area contributed by atoms with Crippen molar-refractivity contribution >= 4 is 10.0 Å². The Morgan fingerprint density at radius 3 is 2.44 bits per heavy atom. The average molecular weight is 255 g/mol. The van der Waals surface area contributed by atoms with E-state index < -0.39 is 21.7 Å². The van der Waals surface area contributed by atoms with Crippen LogP contribution in [0.2, 0.25) is 0 Å². The Morgan fingerprint density at radius 1 is 1.44 bits per heavy atom. The standard InChI is InChI=1S/C7H8F3N3O2S/c8-7(9,10)6(1-2-6)13-16(14,15)5-3-11-12-4-5/h3-4,13H,1-2H2,(H,11,12). The summed E-state index contributed by atoms with van der Waals surface area (Å²) in [4.78, 5) is -0.303. The van der Waals surface area contributed by atoms with Gasteiger partial charge in [-0.05, 0) is 12.8 Å². The molecule has 0 radical (unpaired) electrons. The predicted molar refractivity (Wildman–Crippen MR) is 46.9 cm³/mol. The maximum atomic E-state index is 12.5. The molecule has 0 unspecified atom stereocenters. The Labute approximate surface area is 89.1 Å². The quantitative estimate of drug-likeness (QED) is 0.838. The van der Waals surface area contributed by atoms with Crippen LogP contribution in [0.3, 0.4) is 0 Å². The molecular weight excluding hydrogens is 247 g/mol. The van der Waals surface area contributed by atoms with Gasteiger partial charge in [-0.25, -0.2) is 8.42 Å². The van der Waals surface area contributed by atoms with Crippen molar-refractivity contribution in [1.29, 1.82) is 0 Å². The van der Waals surface area contributed by atoms with Crippen LogP contribution in [-0.4, -0.2) is 30.3 Å². The zero-order valence-electron chi connectivity index (χ0n) is 7.87. The van der Waals surface area contributed by atoms with Crippen molar-refractivity contribution in [3.8, 4) is 0 Å². The highest BCUT2D eigenvalue weighted by Crippen LogP contribution is 2.49. The van der Waals surface area contributed by atoms with Crippen LogP contribution in [0, 0.1) is 0 Å². The van der Waals surface area contributed by atoms with E-state index in [0.717, 1.165) is 12.4 Å². The highest BCUT2D eigenvalue weighted by Gasteiger charge is 2.65. The van der Waals surface area contributed by atoms with Crippen molar-refractivity contribution in [2.24, 2.45) is 0 Å². The molecule has 2 rings (SSSR count). The topological polar surface area (TPSA) is 74.8 Å². The van der Waals surface area contributed by atoms with Gasteiger partial charge >= 0.3 is 6.18 Å². The van der Waals surface area contributed by atoms with Gasteiger partial charge in [-0.2, -0.15) is 23.0 Å². The molecule has 2 N–H and O–H groups in total. The summed E-state index contributed by atoms with van der Waals surface area (Å²) >= 11 is 0. The number of H-pyrrole nitrogens is 1. The minimum atomic E-state index is -4.57. The number of nitrogens with zero attached hydrogens (tertiary/aromatic N) is 1. The molecule has 5 nitrogen and oxygen atoms in total. The molecule has 1 aliphatic rings. The molecule has 0 amide bonds. The van der Waals surface area contributed by atoms with Gasteiger partial charge in [-0.1, -0.05) is 0 Å². The number of nitrogens with one attached hydrogen (secondary N) is 2. The van der Waals surface area contributed by atoms with E-state index in [1.54, 1.807) is 4.72 Å². The van der Waals surface area contributed by atoms with Crippen molar-refractivity contribution in [3.63, 3.8) is 0 Å². The summed E-state index contributed by atoms with van der Waals surface area (Å²) in [6.07, 6.45) is -3.05. The maximum Gasteiger partial charge on any atom is 0.407 e. The molecule has 0 bridgehead atoms. The number of alkyl halides is 3. The Balaban J connectivity index is 2.24. The Hall–Kier alpha value is -1.09. The molecular formula is C7H8F3N3O2S. The molecule has 90 valence electrons.